The minimum Gasteiger partial charge on any atom is -0.365 e. The molecule has 0 unspecified atom stereocenters. The number of hydrogen-bond donors (Lipinski definition) is 2. The minimum absolute atomic E-state index is 0.0456. The fraction of sp³-hybridized carbons (Fsp3) is 0.286. The molecule has 2 rings (SSSR count). The van der Waals surface area contributed by atoms with Crippen LogP contribution in [0.4, 0.5) is 17.3 Å². The highest BCUT2D eigenvalue weighted by molar-refractivity contribution is 6.33. The molecule has 2 N–H and O–H groups in total. The molecule has 19 heavy (non-hydrogen) atoms. The smallest absolute Gasteiger partial charge is 0.135 e. The standard InChI is InChI=1S/C14H17ClN4/c1-14(2,3)19-13-8-12(16-9-17-13)18-11-7-5-4-6-10(11)15/h4-9H,1-3H3,(H2,16,17,18,19). The molecule has 1 heterocycles. The largest absolute Gasteiger partial charge is 0.365 e. The average molecular weight is 277 g/mol. The fourth-order valence-corrected chi connectivity index (χ4v) is 1.76. The van der Waals surface area contributed by atoms with Gasteiger partial charge in [0.25, 0.3) is 0 Å². The molecular formula is C14H17ClN4. The summed E-state index contributed by atoms with van der Waals surface area (Å²) >= 11 is 6.10. The summed E-state index contributed by atoms with van der Waals surface area (Å²) in [5, 5.41) is 7.13. The van der Waals surface area contributed by atoms with Crippen LogP contribution in [0.3, 0.4) is 0 Å². The van der Waals surface area contributed by atoms with E-state index in [9.17, 15) is 0 Å². The topological polar surface area (TPSA) is 49.8 Å². The maximum Gasteiger partial charge on any atom is 0.135 e. The van der Waals surface area contributed by atoms with E-state index in [-0.39, 0.29) is 5.54 Å². The summed E-state index contributed by atoms with van der Waals surface area (Å²) in [6.07, 6.45) is 1.52. The molecular weight excluding hydrogens is 260 g/mol. The number of anilines is 3. The lowest BCUT2D eigenvalue weighted by Gasteiger charge is -2.21. The summed E-state index contributed by atoms with van der Waals surface area (Å²) in [5.41, 5.74) is 0.778. The number of halogens is 1. The van der Waals surface area contributed by atoms with Gasteiger partial charge < -0.3 is 10.6 Å². The lowest BCUT2D eigenvalue weighted by molar-refractivity contribution is 0.630. The predicted octanol–water partition coefficient (Wildman–Crippen LogP) is 4.08. The molecule has 1 aromatic carbocycles. The monoisotopic (exact) mass is 276 g/mol. The minimum atomic E-state index is -0.0456. The third kappa shape index (κ3) is 4.10. The van der Waals surface area contributed by atoms with Crippen molar-refractivity contribution in [2.24, 2.45) is 0 Å². The third-order valence-electron chi connectivity index (χ3n) is 2.31. The highest BCUT2D eigenvalue weighted by Gasteiger charge is 2.10. The molecule has 0 bridgehead atoms. The van der Waals surface area contributed by atoms with Crippen LogP contribution >= 0.6 is 11.6 Å². The van der Waals surface area contributed by atoms with E-state index in [0.29, 0.717) is 10.8 Å². The molecule has 0 saturated heterocycles. The van der Waals surface area contributed by atoms with E-state index in [4.69, 9.17) is 11.6 Å². The van der Waals surface area contributed by atoms with Gasteiger partial charge in [-0.3, -0.25) is 0 Å². The number of benzene rings is 1. The highest BCUT2D eigenvalue weighted by Crippen LogP contribution is 2.24. The van der Waals surface area contributed by atoms with Crippen molar-refractivity contribution in [1.29, 1.82) is 0 Å². The van der Waals surface area contributed by atoms with Gasteiger partial charge in [0.05, 0.1) is 10.7 Å². The molecule has 0 aliphatic heterocycles. The van der Waals surface area contributed by atoms with Crippen molar-refractivity contribution < 1.29 is 0 Å². The van der Waals surface area contributed by atoms with Crippen molar-refractivity contribution in [1.82, 2.24) is 9.97 Å². The molecule has 5 heteroatoms. The molecule has 2 aromatic rings. The third-order valence-corrected chi connectivity index (χ3v) is 2.64. The van der Waals surface area contributed by atoms with Crippen LogP contribution in [0.1, 0.15) is 20.8 Å². The number of nitrogens with one attached hydrogen (secondary N) is 2. The molecule has 4 nitrogen and oxygen atoms in total. The Morgan fingerprint density at radius 3 is 2.42 bits per heavy atom. The molecule has 0 aliphatic carbocycles. The van der Waals surface area contributed by atoms with Crippen molar-refractivity contribution in [3.63, 3.8) is 0 Å². The molecule has 0 radical (unpaired) electrons. The maximum atomic E-state index is 6.10. The predicted molar refractivity (Wildman–Crippen MR) is 80.1 cm³/mol. The number of hydrogen-bond acceptors (Lipinski definition) is 4. The molecule has 100 valence electrons. The summed E-state index contributed by atoms with van der Waals surface area (Å²) in [4.78, 5) is 8.38. The van der Waals surface area contributed by atoms with Crippen molar-refractivity contribution in [2.75, 3.05) is 10.6 Å². The van der Waals surface area contributed by atoms with Gasteiger partial charge in [-0.05, 0) is 32.9 Å². The number of aromatic nitrogens is 2. The number of para-hydroxylation sites is 1. The zero-order chi connectivity index (χ0) is 13.9. The molecule has 0 saturated carbocycles. The van der Waals surface area contributed by atoms with Gasteiger partial charge in [-0.15, -0.1) is 0 Å². The first-order valence-electron chi connectivity index (χ1n) is 6.06. The highest BCUT2D eigenvalue weighted by atomic mass is 35.5. The van der Waals surface area contributed by atoms with E-state index < -0.39 is 0 Å². The van der Waals surface area contributed by atoms with Gasteiger partial charge in [0.2, 0.25) is 0 Å². The van der Waals surface area contributed by atoms with Gasteiger partial charge in [0, 0.05) is 11.6 Å². The van der Waals surface area contributed by atoms with Crippen LogP contribution in [0.25, 0.3) is 0 Å². The number of rotatable bonds is 3. The van der Waals surface area contributed by atoms with Gasteiger partial charge in [-0.1, -0.05) is 23.7 Å². The fourth-order valence-electron chi connectivity index (χ4n) is 1.58. The Kier molecular flexibility index (Phi) is 3.90. The maximum absolute atomic E-state index is 6.10. The first-order chi connectivity index (χ1) is 8.94. The summed E-state index contributed by atoms with van der Waals surface area (Å²) in [6, 6.07) is 9.40. The first-order valence-corrected chi connectivity index (χ1v) is 6.44. The first kappa shape index (κ1) is 13.6. The molecule has 0 spiro atoms. The Morgan fingerprint density at radius 1 is 1.05 bits per heavy atom. The Hall–Kier alpha value is -1.81. The Morgan fingerprint density at radius 2 is 1.74 bits per heavy atom. The van der Waals surface area contributed by atoms with Gasteiger partial charge >= 0.3 is 0 Å². The molecule has 0 amide bonds. The van der Waals surface area contributed by atoms with Crippen LogP contribution < -0.4 is 10.6 Å². The van der Waals surface area contributed by atoms with E-state index in [1.54, 1.807) is 0 Å². The van der Waals surface area contributed by atoms with Gasteiger partial charge in [-0.2, -0.15) is 0 Å². The quantitative estimate of drug-likeness (QED) is 0.887. The van der Waals surface area contributed by atoms with Crippen molar-refractivity contribution >= 4 is 28.9 Å². The zero-order valence-electron chi connectivity index (χ0n) is 11.2. The molecule has 0 fully saturated rings. The van der Waals surface area contributed by atoms with Gasteiger partial charge in [0.15, 0.2) is 0 Å². The van der Waals surface area contributed by atoms with E-state index in [1.807, 2.05) is 30.3 Å². The van der Waals surface area contributed by atoms with Crippen LogP contribution in [0, 0.1) is 0 Å². The van der Waals surface area contributed by atoms with E-state index in [2.05, 4.69) is 41.4 Å². The Labute approximate surface area is 118 Å². The second-order valence-corrected chi connectivity index (χ2v) is 5.68. The summed E-state index contributed by atoms with van der Waals surface area (Å²) in [6.45, 7) is 6.24. The molecule has 0 aliphatic rings. The van der Waals surface area contributed by atoms with E-state index in [0.717, 1.165) is 11.5 Å². The van der Waals surface area contributed by atoms with Gasteiger partial charge in [0.1, 0.15) is 18.0 Å². The molecule has 1 aromatic heterocycles. The second-order valence-electron chi connectivity index (χ2n) is 5.27. The van der Waals surface area contributed by atoms with Crippen LogP contribution in [-0.2, 0) is 0 Å². The lowest BCUT2D eigenvalue weighted by Crippen LogP contribution is -2.26. The van der Waals surface area contributed by atoms with Crippen LogP contribution in [0.15, 0.2) is 36.7 Å². The normalized spacial score (nSPS) is 11.2. The summed E-state index contributed by atoms with van der Waals surface area (Å²) < 4.78 is 0. The van der Waals surface area contributed by atoms with Crippen molar-refractivity contribution in [2.45, 2.75) is 26.3 Å². The van der Waals surface area contributed by atoms with Crippen LogP contribution in [0.5, 0.6) is 0 Å². The van der Waals surface area contributed by atoms with Crippen molar-refractivity contribution in [3.8, 4) is 0 Å². The average Bonchev–Trinajstić information content (AvgIpc) is 2.30. The van der Waals surface area contributed by atoms with Crippen LogP contribution in [-0.4, -0.2) is 15.5 Å². The SMILES string of the molecule is CC(C)(C)Nc1cc(Nc2ccccc2Cl)ncn1. The molecule has 0 atom stereocenters. The summed E-state index contributed by atoms with van der Waals surface area (Å²) in [7, 11) is 0. The Bertz CT molecular complexity index is 563. The zero-order valence-corrected chi connectivity index (χ0v) is 12.0. The van der Waals surface area contributed by atoms with Crippen molar-refractivity contribution in [3.05, 3.63) is 41.7 Å². The van der Waals surface area contributed by atoms with E-state index >= 15 is 0 Å². The van der Waals surface area contributed by atoms with Crippen LogP contribution in [0.2, 0.25) is 5.02 Å². The van der Waals surface area contributed by atoms with Gasteiger partial charge in [-0.25, -0.2) is 9.97 Å². The summed E-state index contributed by atoms with van der Waals surface area (Å²) in [5.74, 6) is 1.48. The lowest BCUT2D eigenvalue weighted by atomic mass is 10.1. The second kappa shape index (κ2) is 5.45. The van der Waals surface area contributed by atoms with E-state index in [1.165, 1.54) is 6.33 Å². The number of nitrogens with zero attached hydrogens (tertiary/aromatic N) is 2. The Balaban J connectivity index is 2.18.